The molecule has 0 saturated heterocycles. The zero-order chi connectivity index (χ0) is 12.6. The number of nitrogens with zero attached hydrogens (tertiary/aromatic N) is 2. The summed E-state index contributed by atoms with van der Waals surface area (Å²) in [5.74, 6) is -2.34. The molecule has 0 atom stereocenters. The Morgan fingerprint density at radius 1 is 1.47 bits per heavy atom. The number of hydrogen-bond acceptors (Lipinski definition) is 2. The molecule has 17 heavy (non-hydrogen) atoms. The first-order chi connectivity index (χ1) is 7.99. The molecule has 0 aliphatic rings. The Labute approximate surface area is 94.8 Å². The van der Waals surface area contributed by atoms with E-state index in [-0.39, 0.29) is 16.9 Å². The molecule has 4 nitrogen and oxygen atoms in total. The molecule has 88 valence electrons. The van der Waals surface area contributed by atoms with E-state index in [9.17, 15) is 13.6 Å². The van der Waals surface area contributed by atoms with Crippen LogP contribution >= 0.6 is 0 Å². The maximum Gasteiger partial charge on any atom is 0.328 e. The van der Waals surface area contributed by atoms with Crippen molar-refractivity contribution in [2.75, 3.05) is 0 Å². The zero-order valence-corrected chi connectivity index (χ0v) is 8.82. The Morgan fingerprint density at radius 3 is 2.82 bits per heavy atom. The van der Waals surface area contributed by atoms with E-state index in [0.29, 0.717) is 0 Å². The number of hydrogen-bond donors (Lipinski definition) is 1. The lowest BCUT2D eigenvalue weighted by Gasteiger charge is -1.98. The van der Waals surface area contributed by atoms with Crippen LogP contribution in [0, 0.1) is 11.6 Å². The number of aryl methyl sites for hydroxylation is 1. The molecular weight excluding hydrogens is 230 g/mol. The molecule has 2 aromatic rings. The van der Waals surface area contributed by atoms with Gasteiger partial charge in [-0.1, -0.05) is 0 Å². The predicted molar refractivity (Wildman–Crippen MR) is 57.3 cm³/mol. The number of aliphatic carboxylic acids is 1. The van der Waals surface area contributed by atoms with Gasteiger partial charge >= 0.3 is 5.97 Å². The Morgan fingerprint density at radius 2 is 2.18 bits per heavy atom. The maximum absolute atomic E-state index is 13.5. The van der Waals surface area contributed by atoms with Crippen molar-refractivity contribution in [2.24, 2.45) is 7.05 Å². The quantitative estimate of drug-likeness (QED) is 0.813. The van der Waals surface area contributed by atoms with Crippen LogP contribution in [0.25, 0.3) is 17.1 Å². The van der Waals surface area contributed by atoms with Gasteiger partial charge in [0.25, 0.3) is 0 Å². The number of imidazole rings is 1. The van der Waals surface area contributed by atoms with Crippen molar-refractivity contribution in [1.82, 2.24) is 9.55 Å². The molecule has 0 radical (unpaired) electrons. The van der Waals surface area contributed by atoms with Crippen LogP contribution in [-0.4, -0.2) is 20.6 Å². The lowest BCUT2D eigenvalue weighted by Crippen LogP contribution is -1.95. The van der Waals surface area contributed by atoms with E-state index < -0.39 is 17.6 Å². The average molecular weight is 238 g/mol. The van der Waals surface area contributed by atoms with Gasteiger partial charge in [-0.05, 0) is 6.08 Å². The van der Waals surface area contributed by atoms with Gasteiger partial charge in [-0.15, -0.1) is 0 Å². The van der Waals surface area contributed by atoms with Crippen molar-refractivity contribution in [2.45, 2.75) is 0 Å². The fourth-order valence-electron chi connectivity index (χ4n) is 1.58. The predicted octanol–water partition coefficient (Wildman–Crippen LogP) is 1.95. The van der Waals surface area contributed by atoms with E-state index in [1.807, 2.05) is 0 Å². The number of aromatic nitrogens is 2. The summed E-state index contributed by atoms with van der Waals surface area (Å²) in [6.45, 7) is 0. The van der Waals surface area contributed by atoms with Crippen molar-refractivity contribution in [3.05, 3.63) is 35.7 Å². The number of fused-ring (bicyclic) bond motifs is 1. The van der Waals surface area contributed by atoms with Crippen molar-refractivity contribution < 1.29 is 18.7 Å². The van der Waals surface area contributed by atoms with Crippen molar-refractivity contribution >= 4 is 23.1 Å². The standard InChI is InChI=1S/C11H8F2N2O2/c1-15-9(2-3-10(16)17)14-8-5-6(12)4-7(13)11(8)15/h2-5H,1H3,(H,16,17)/b3-2+. The second-order valence-electron chi connectivity index (χ2n) is 3.46. The molecule has 1 aromatic carbocycles. The average Bonchev–Trinajstić information content (AvgIpc) is 2.52. The Kier molecular flexibility index (Phi) is 2.63. The van der Waals surface area contributed by atoms with Crippen LogP contribution in [0.1, 0.15) is 5.82 Å². The summed E-state index contributed by atoms with van der Waals surface area (Å²) in [6.07, 6.45) is 2.11. The fourth-order valence-corrected chi connectivity index (χ4v) is 1.58. The highest BCUT2D eigenvalue weighted by Crippen LogP contribution is 2.20. The fraction of sp³-hybridized carbons (Fsp3) is 0.0909. The number of carboxylic acids is 1. The molecule has 1 N–H and O–H groups in total. The van der Waals surface area contributed by atoms with Crippen LogP contribution in [0.4, 0.5) is 8.78 Å². The van der Waals surface area contributed by atoms with Crippen LogP contribution in [0.3, 0.4) is 0 Å². The minimum Gasteiger partial charge on any atom is -0.478 e. The van der Waals surface area contributed by atoms with E-state index in [1.165, 1.54) is 17.7 Å². The third kappa shape index (κ3) is 2.01. The Balaban J connectivity index is 2.64. The molecule has 0 saturated carbocycles. The first-order valence-corrected chi connectivity index (χ1v) is 4.71. The topological polar surface area (TPSA) is 55.1 Å². The van der Waals surface area contributed by atoms with Gasteiger partial charge in [-0.2, -0.15) is 0 Å². The van der Waals surface area contributed by atoms with Gasteiger partial charge in [0.05, 0.1) is 5.52 Å². The largest absolute Gasteiger partial charge is 0.478 e. The molecule has 0 aliphatic heterocycles. The second-order valence-corrected chi connectivity index (χ2v) is 3.46. The van der Waals surface area contributed by atoms with Gasteiger partial charge in [-0.25, -0.2) is 18.6 Å². The van der Waals surface area contributed by atoms with E-state index >= 15 is 0 Å². The number of rotatable bonds is 2. The number of benzene rings is 1. The lowest BCUT2D eigenvalue weighted by atomic mass is 10.3. The van der Waals surface area contributed by atoms with Gasteiger partial charge in [0.1, 0.15) is 17.2 Å². The van der Waals surface area contributed by atoms with Gasteiger partial charge in [0.2, 0.25) is 0 Å². The third-order valence-electron chi connectivity index (χ3n) is 2.30. The van der Waals surface area contributed by atoms with Crippen molar-refractivity contribution in [3.8, 4) is 0 Å². The van der Waals surface area contributed by atoms with Crippen LogP contribution in [0.2, 0.25) is 0 Å². The van der Waals surface area contributed by atoms with Crippen LogP contribution in [0.15, 0.2) is 18.2 Å². The molecule has 1 aromatic heterocycles. The van der Waals surface area contributed by atoms with Crippen LogP contribution in [-0.2, 0) is 11.8 Å². The molecule has 2 rings (SSSR count). The molecule has 6 heteroatoms. The molecule has 0 bridgehead atoms. The molecule has 0 unspecified atom stereocenters. The van der Waals surface area contributed by atoms with E-state index in [0.717, 1.165) is 18.2 Å². The normalized spacial score (nSPS) is 11.5. The Bertz CT molecular complexity index is 632. The molecular formula is C11H8F2N2O2. The van der Waals surface area contributed by atoms with Gasteiger partial charge in [0.15, 0.2) is 5.82 Å². The van der Waals surface area contributed by atoms with Crippen LogP contribution in [0.5, 0.6) is 0 Å². The molecule has 0 amide bonds. The van der Waals surface area contributed by atoms with E-state index in [4.69, 9.17) is 5.11 Å². The van der Waals surface area contributed by atoms with Gasteiger partial charge in [-0.3, -0.25) is 0 Å². The highest BCUT2D eigenvalue weighted by Gasteiger charge is 2.12. The smallest absolute Gasteiger partial charge is 0.328 e. The molecule has 1 heterocycles. The summed E-state index contributed by atoms with van der Waals surface area (Å²) in [5.41, 5.74) is 0.284. The lowest BCUT2D eigenvalue weighted by molar-refractivity contribution is -0.131. The maximum atomic E-state index is 13.5. The highest BCUT2D eigenvalue weighted by atomic mass is 19.1. The summed E-state index contributed by atoms with van der Waals surface area (Å²) in [5, 5.41) is 8.48. The monoisotopic (exact) mass is 238 g/mol. The zero-order valence-electron chi connectivity index (χ0n) is 8.82. The van der Waals surface area contributed by atoms with E-state index in [1.54, 1.807) is 0 Å². The minimum absolute atomic E-state index is 0.136. The van der Waals surface area contributed by atoms with Crippen molar-refractivity contribution in [1.29, 1.82) is 0 Å². The Hall–Kier alpha value is -2.24. The second kappa shape index (κ2) is 3.97. The summed E-state index contributed by atoms with van der Waals surface area (Å²) >= 11 is 0. The molecule has 0 aliphatic carbocycles. The minimum atomic E-state index is -1.14. The van der Waals surface area contributed by atoms with E-state index in [2.05, 4.69) is 4.98 Å². The summed E-state index contributed by atoms with van der Waals surface area (Å²) in [4.78, 5) is 14.3. The number of halogens is 2. The SMILES string of the molecule is Cn1c(/C=C/C(=O)O)nc2cc(F)cc(F)c21. The van der Waals surface area contributed by atoms with Crippen molar-refractivity contribution in [3.63, 3.8) is 0 Å². The van der Waals surface area contributed by atoms with Gasteiger partial charge in [0, 0.05) is 25.3 Å². The number of carboxylic acid groups (broad SMARTS) is 1. The number of carbonyl (C=O) groups is 1. The summed E-state index contributed by atoms with van der Waals surface area (Å²) < 4.78 is 27.8. The summed E-state index contributed by atoms with van der Waals surface area (Å²) in [7, 11) is 1.53. The molecule has 0 spiro atoms. The van der Waals surface area contributed by atoms with Gasteiger partial charge < -0.3 is 9.67 Å². The first-order valence-electron chi connectivity index (χ1n) is 4.71. The molecule has 0 fully saturated rings. The first kappa shape index (κ1) is 11.3. The van der Waals surface area contributed by atoms with Crippen LogP contribution < -0.4 is 0 Å². The third-order valence-corrected chi connectivity index (χ3v) is 2.30. The highest BCUT2D eigenvalue weighted by molar-refractivity contribution is 5.86. The summed E-state index contributed by atoms with van der Waals surface area (Å²) in [6, 6.07) is 1.85.